The van der Waals surface area contributed by atoms with Gasteiger partial charge in [0, 0.05) is 19.7 Å². The van der Waals surface area contributed by atoms with E-state index in [9.17, 15) is 4.79 Å². The van der Waals surface area contributed by atoms with E-state index in [1.807, 2.05) is 0 Å². The fraction of sp³-hybridized carbons (Fsp3) is 0.429. The molecular weight excluding hydrogens is 227 g/mol. The smallest absolute Gasteiger partial charge is 0.221 e. The fourth-order valence-electron chi connectivity index (χ4n) is 0.886. The Kier molecular flexibility index (Phi) is 8.52. The molecule has 1 aromatic heterocycles. The van der Waals surface area contributed by atoms with Crippen LogP contribution < -0.4 is 11.1 Å². The third kappa shape index (κ3) is 5.06. The van der Waals surface area contributed by atoms with Gasteiger partial charge in [0.2, 0.25) is 5.91 Å². The molecule has 5 nitrogen and oxygen atoms in total. The maximum atomic E-state index is 10.6. The molecule has 0 atom stereocenters. The number of nitrogens with two attached hydrogens (primary N) is 1. The first-order valence-electron chi connectivity index (χ1n) is 3.72. The van der Waals surface area contributed by atoms with Gasteiger partial charge in [-0.15, -0.1) is 24.8 Å². The molecule has 0 bridgehead atoms. The highest BCUT2D eigenvalue weighted by atomic mass is 35.5. The molecule has 0 aliphatic rings. The molecule has 0 saturated heterocycles. The summed E-state index contributed by atoms with van der Waals surface area (Å²) >= 11 is 0. The van der Waals surface area contributed by atoms with Gasteiger partial charge in [-0.2, -0.15) is 5.10 Å². The van der Waals surface area contributed by atoms with Crippen LogP contribution in [0.2, 0.25) is 0 Å². The summed E-state index contributed by atoms with van der Waals surface area (Å²) in [6.45, 7) is 2.67. The highest BCUT2D eigenvalue weighted by Crippen LogP contribution is 2.03. The highest BCUT2D eigenvalue weighted by Gasteiger charge is 1.98. The summed E-state index contributed by atoms with van der Waals surface area (Å²) in [5, 5.41) is 6.60. The van der Waals surface area contributed by atoms with Crippen LogP contribution in [0.15, 0.2) is 12.4 Å². The summed E-state index contributed by atoms with van der Waals surface area (Å²) in [5.41, 5.74) is 6.03. The lowest BCUT2D eigenvalue weighted by Gasteiger charge is -1.96. The van der Waals surface area contributed by atoms with Crippen LogP contribution in [0.4, 0.5) is 5.69 Å². The Labute approximate surface area is 94.9 Å². The predicted molar refractivity (Wildman–Crippen MR) is 60.1 cm³/mol. The van der Waals surface area contributed by atoms with Gasteiger partial charge in [0.1, 0.15) is 0 Å². The zero-order chi connectivity index (χ0) is 8.97. The van der Waals surface area contributed by atoms with Crippen molar-refractivity contribution in [3.8, 4) is 0 Å². The van der Waals surface area contributed by atoms with Gasteiger partial charge >= 0.3 is 0 Å². The van der Waals surface area contributed by atoms with Crippen molar-refractivity contribution in [3.63, 3.8) is 0 Å². The maximum absolute atomic E-state index is 10.6. The van der Waals surface area contributed by atoms with Crippen LogP contribution in [0.1, 0.15) is 6.92 Å². The molecule has 0 fully saturated rings. The Morgan fingerprint density at radius 1 is 1.64 bits per heavy atom. The van der Waals surface area contributed by atoms with Crippen molar-refractivity contribution in [2.45, 2.75) is 13.5 Å². The number of hydrogen-bond donors (Lipinski definition) is 2. The summed E-state index contributed by atoms with van der Waals surface area (Å²) in [6, 6.07) is 0. The van der Waals surface area contributed by atoms with E-state index in [1.54, 1.807) is 17.1 Å². The van der Waals surface area contributed by atoms with Crippen molar-refractivity contribution in [2.24, 2.45) is 5.73 Å². The Bertz CT molecular complexity index is 276. The monoisotopic (exact) mass is 240 g/mol. The molecule has 0 spiro atoms. The van der Waals surface area contributed by atoms with Crippen molar-refractivity contribution in [2.75, 3.05) is 11.9 Å². The maximum Gasteiger partial charge on any atom is 0.221 e. The minimum Gasteiger partial charge on any atom is -0.329 e. The van der Waals surface area contributed by atoms with E-state index in [0.717, 1.165) is 0 Å². The Morgan fingerprint density at radius 2 is 2.29 bits per heavy atom. The van der Waals surface area contributed by atoms with Gasteiger partial charge < -0.3 is 11.1 Å². The number of carbonyl (C=O) groups excluding carboxylic acids is 1. The molecule has 0 unspecified atom stereocenters. The number of nitrogens with zero attached hydrogens (tertiary/aromatic N) is 2. The number of anilines is 1. The Hall–Kier alpha value is -0.780. The van der Waals surface area contributed by atoms with Crippen LogP contribution >= 0.6 is 24.8 Å². The molecular formula is C7H14Cl2N4O. The number of carbonyl (C=O) groups is 1. The molecule has 7 heteroatoms. The third-order valence-corrected chi connectivity index (χ3v) is 1.31. The summed E-state index contributed by atoms with van der Waals surface area (Å²) in [7, 11) is 0. The van der Waals surface area contributed by atoms with Crippen LogP contribution in [-0.4, -0.2) is 22.2 Å². The topological polar surface area (TPSA) is 72.9 Å². The van der Waals surface area contributed by atoms with Crippen molar-refractivity contribution >= 4 is 36.4 Å². The molecule has 0 saturated carbocycles. The van der Waals surface area contributed by atoms with E-state index >= 15 is 0 Å². The van der Waals surface area contributed by atoms with Crippen LogP contribution in [0, 0.1) is 0 Å². The predicted octanol–water partition coefficient (Wildman–Crippen LogP) is 0.644. The van der Waals surface area contributed by atoms with Crippen molar-refractivity contribution in [1.82, 2.24) is 9.78 Å². The zero-order valence-electron chi connectivity index (χ0n) is 7.77. The molecule has 1 heterocycles. The summed E-state index contributed by atoms with van der Waals surface area (Å²) < 4.78 is 1.69. The molecule has 0 aliphatic carbocycles. The fourth-order valence-corrected chi connectivity index (χ4v) is 0.886. The van der Waals surface area contributed by atoms with E-state index in [2.05, 4.69) is 10.4 Å². The minimum absolute atomic E-state index is 0. The molecule has 0 aliphatic heterocycles. The third-order valence-electron chi connectivity index (χ3n) is 1.31. The second-order valence-corrected chi connectivity index (χ2v) is 2.46. The zero-order valence-corrected chi connectivity index (χ0v) is 9.40. The van der Waals surface area contributed by atoms with Crippen molar-refractivity contribution in [3.05, 3.63) is 12.4 Å². The molecule has 3 N–H and O–H groups in total. The Balaban J connectivity index is 0. The molecule has 1 amide bonds. The van der Waals surface area contributed by atoms with Gasteiger partial charge in [-0.1, -0.05) is 0 Å². The highest BCUT2D eigenvalue weighted by molar-refractivity contribution is 5.88. The molecule has 14 heavy (non-hydrogen) atoms. The van der Waals surface area contributed by atoms with E-state index in [-0.39, 0.29) is 30.7 Å². The SMILES string of the molecule is CC(=O)Nc1cnn(CCN)c1.Cl.Cl. The van der Waals surface area contributed by atoms with E-state index < -0.39 is 0 Å². The van der Waals surface area contributed by atoms with E-state index in [0.29, 0.717) is 18.8 Å². The minimum atomic E-state index is -0.0951. The van der Waals surface area contributed by atoms with Crippen LogP contribution in [-0.2, 0) is 11.3 Å². The molecule has 1 rings (SSSR count). The lowest BCUT2D eigenvalue weighted by Crippen LogP contribution is -2.10. The summed E-state index contributed by atoms with van der Waals surface area (Å²) in [4.78, 5) is 10.6. The Morgan fingerprint density at radius 3 is 2.79 bits per heavy atom. The quantitative estimate of drug-likeness (QED) is 0.815. The van der Waals surface area contributed by atoms with Crippen molar-refractivity contribution in [1.29, 1.82) is 0 Å². The summed E-state index contributed by atoms with van der Waals surface area (Å²) in [5.74, 6) is -0.0951. The van der Waals surface area contributed by atoms with E-state index in [1.165, 1.54) is 6.92 Å². The van der Waals surface area contributed by atoms with Crippen LogP contribution in [0.25, 0.3) is 0 Å². The second-order valence-electron chi connectivity index (χ2n) is 2.46. The van der Waals surface area contributed by atoms with Gasteiger partial charge in [-0.3, -0.25) is 9.48 Å². The number of halogens is 2. The lowest BCUT2D eigenvalue weighted by atomic mass is 10.5. The number of rotatable bonds is 3. The molecule has 0 aromatic carbocycles. The van der Waals surface area contributed by atoms with Gasteiger partial charge in [-0.05, 0) is 0 Å². The standard InChI is InChI=1S/C7H12N4O.2ClH/c1-6(12)10-7-4-9-11(5-7)3-2-8;;/h4-5H,2-3,8H2,1H3,(H,10,12);2*1H. The first kappa shape index (κ1) is 15.7. The second kappa shape index (κ2) is 7.61. The number of aromatic nitrogens is 2. The first-order valence-corrected chi connectivity index (χ1v) is 3.72. The van der Waals surface area contributed by atoms with Gasteiger partial charge in [0.05, 0.1) is 18.4 Å². The van der Waals surface area contributed by atoms with Crippen LogP contribution in [0.3, 0.4) is 0 Å². The molecule has 1 aromatic rings. The van der Waals surface area contributed by atoms with Crippen molar-refractivity contribution < 1.29 is 4.79 Å². The van der Waals surface area contributed by atoms with Gasteiger partial charge in [0.25, 0.3) is 0 Å². The molecule has 0 radical (unpaired) electrons. The van der Waals surface area contributed by atoms with E-state index in [4.69, 9.17) is 5.73 Å². The van der Waals surface area contributed by atoms with Crippen LogP contribution in [0.5, 0.6) is 0 Å². The largest absolute Gasteiger partial charge is 0.329 e. The average molecular weight is 241 g/mol. The van der Waals surface area contributed by atoms with Gasteiger partial charge in [0.15, 0.2) is 0 Å². The number of amides is 1. The number of hydrogen-bond acceptors (Lipinski definition) is 3. The normalized spacial score (nSPS) is 8.43. The summed E-state index contributed by atoms with van der Waals surface area (Å²) in [6.07, 6.45) is 3.34. The van der Waals surface area contributed by atoms with Gasteiger partial charge in [-0.25, -0.2) is 0 Å². The lowest BCUT2D eigenvalue weighted by molar-refractivity contribution is -0.114. The molecule has 82 valence electrons. The average Bonchev–Trinajstić information content (AvgIpc) is 2.36. The first-order chi connectivity index (χ1) is 5.72. The number of nitrogens with one attached hydrogen (secondary N) is 1.